The van der Waals surface area contributed by atoms with E-state index in [4.69, 9.17) is 9.47 Å². The first-order valence-electron chi connectivity index (χ1n) is 8.37. The third kappa shape index (κ3) is 4.62. The second kappa shape index (κ2) is 7.36. The summed E-state index contributed by atoms with van der Waals surface area (Å²) in [6.45, 7) is 7.43. The third-order valence-corrected chi connectivity index (χ3v) is 4.10. The number of hydrogen-bond donors (Lipinski definition) is 1. The van der Waals surface area contributed by atoms with E-state index in [1.54, 1.807) is 44.4 Å². The van der Waals surface area contributed by atoms with Gasteiger partial charge in [-0.05, 0) is 39.8 Å². The van der Waals surface area contributed by atoms with Crippen molar-refractivity contribution < 1.29 is 19.1 Å². The van der Waals surface area contributed by atoms with E-state index in [-0.39, 0.29) is 5.69 Å². The number of rotatable bonds is 4. The maximum atomic E-state index is 11.8. The summed E-state index contributed by atoms with van der Waals surface area (Å²) >= 11 is 1.30. The van der Waals surface area contributed by atoms with Gasteiger partial charge < -0.3 is 13.9 Å². The predicted molar refractivity (Wildman–Crippen MR) is 102 cm³/mol. The van der Waals surface area contributed by atoms with Crippen LogP contribution in [0.3, 0.4) is 0 Å². The first-order valence-corrected chi connectivity index (χ1v) is 9.25. The number of thiazole rings is 1. The molecule has 0 atom stereocenters. The third-order valence-electron chi connectivity index (χ3n) is 3.34. The number of carbonyl (C=O) groups excluding carboxylic acids is 2. The molecule has 142 valence electrons. The van der Waals surface area contributed by atoms with Gasteiger partial charge in [0.2, 0.25) is 0 Å². The van der Waals surface area contributed by atoms with Crippen LogP contribution >= 0.6 is 11.3 Å². The van der Waals surface area contributed by atoms with E-state index in [9.17, 15) is 9.59 Å². The highest BCUT2D eigenvalue weighted by molar-refractivity contribution is 7.14. The van der Waals surface area contributed by atoms with Crippen molar-refractivity contribution in [3.8, 4) is 11.3 Å². The van der Waals surface area contributed by atoms with Gasteiger partial charge in [-0.15, -0.1) is 11.3 Å². The van der Waals surface area contributed by atoms with Crippen LogP contribution in [0.5, 0.6) is 0 Å². The smallest absolute Gasteiger partial charge is 0.413 e. The molecule has 1 N–H and O–H groups in total. The van der Waals surface area contributed by atoms with Gasteiger partial charge in [0, 0.05) is 23.3 Å². The second-order valence-corrected chi connectivity index (χ2v) is 7.55. The van der Waals surface area contributed by atoms with Crippen LogP contribution in [0.4, 0.5) is 9.93 Å². The summed E-state index contributed by atoms with van der Waals surface area (Å²) in [6.07, 6.45) is 2.88. The van der Waals surface area contributed by atoms with Gasteiger partial charge in [-0.25, -0.2) is 19.6 Å². The zero-order chi connectivity index (χ0) is 19.6. The van der Waals surface area contributed by atoms with Crippen molar-refractivity contribution in [3.63, 3.8) is 0 Å². The Morgan fingerprint density at radius 1 is 1.22 bits per heavy atom. The largest absolute Gasteiger partial charge is 0.461 e. The van der Waals surface area contributed by atoms with Gasteiger partial charge in [0.1, 0.15) is 11.2 Å². The number of aromatic nitrogens is 3. The van der Waals surface area contributed by atoms with E-state index in [0.717, 1.165) is 5.56 Å². The number of carbonyl (C=O) groups is 2. The molecule has 0 aromatic carbocycles. The molecular weight excluding hydrogens is 368 g/mol. The highest BCUT2D eigenvalue weighted by Crippen LogP contribution is 2.26. The lowest BCUT2D eigenvalue weighted by Crippen LogP contribution is -2.27. The predicted octanol–water partition coefficient (Wildman–Crippen LogP) is 3.98. The molecule has 0 unspecified atom stereocenters. The Morgan fingerprint density at radius 3 is 2.70 bits per heavy atom. The fourth-order valence-electron chi connectivity index (χ4n) is 2.30. The molecule has 3 heterocycles. The normalized spacial score (nSPS) is 11.4. The summed E-state index contributed by atoms with van der Waals surface area (Å²) in [5.74, 6) is -0.458. The lowest BCUT2D eigenvalue weighted by Gasteiger charge is -2.18. The molecule has 3 rings (SSSR count). The van der Waals surface area contributed by atoms with Crippen LogP contribution in [-0.4, -0.2) is 38.6 Å². The average molecular weight is 388 g/mol. The Morgan fingerprint density at radius 2 is 2.00 bits per heavy atom. The fraction of sp³-hybridized carbons (Fsp3) is 0.333. The molecule has 0 aliphatic carbocycles. The molecule has 0 radical (unpaired) electrons. The van der Waals surface area contributed by atoms with Gasteiger partial charge in [-0.2, -0.15) is 0 Å². The fourth-order valence-corrected chi connectivity index (χ4v) is 3.01. The van der Waals surface area contributed by atoms with Crippen molar-refractivity contribution >= 4 is 34.2 Å². The standard InChI is InChI=1S/C18H20N4O4S/c1-5-25-15(23)12-9-22-8-11(6-7-14(22)19-12)13-10-27-16(20-13)21-17(24)26-18(2,3)4/h6-10H,5H2,1-4H3,(H,20,21,24). The summed E-state index contributed by atoms with van der Waals surface area (Å²) in [5.41, 5.74) is 1.82. The molecular formula is C18H20N4O4S. The maximum absolute atomic E-state index is 11.8. The van der Waals surface area contributed by atoms with Crippen molar-refractivity contribution in [1.82, 2.24) is 14.4 Å². The highest BCUT2D eigenvalue weighted by atomic mass is 32.1. The van der Waals surface area contributed by atoms with Crippen LogP contribution in [0.25, 0.3) is 16.9 Å². The molecule has 0 fully saturated rings. The van der Waals surface area contributed by atoms with E-state index in [1.807, 2.05) is 17.6 Å². The second-order valence-electron chi connectivity index (χ2n) is 6.69. The van der Waals surface area contributed by atoms with Gasteiger partial charge in [0.15, 0.2) is 10.8 Å². The molecule has 1 amide bonds. The molecule has 0 bridgehead atoms. The minimum atomic E-state index is -0.576. The van der Waals surface area contributed by atoms with Gasteiger partial charge >= 0.3 is 12.1 Å². The maximum Gasteiger partial charge on any atom is 0.413 e. The van der Waals surface area contributed by atoms with Gasteiger partial charge in [-0.1, -0.05) is 0 Å². The van der Waals surface area contributed by atoms with E-state index in [2.05, 4.69) is 15.3 Å². The van der Waals surface area contributed by atoms with E-state index < -0.39 is 17.7 Å². The summed E-state index contributed by atoms with van der Waals surface area (Å²) in [4.78, 5) is 32.3. The zero-order valence-corrected chi connectivity index (χ0v) is 16.3. The SMILES string of the molecule is CCOC(=O)c1cn2cc(-c3csc(NC(=O)OC(C)(C)C)n3)ccc2n1. The average Bonchev–Trinajstić information content (AvgIpc) is 3.19. The highest BCUT2D eigenvalue weighted by Gasteiger charge is 2.18. The first kappa shape index (κ1) is 18.8. The topological polar surface area (TPSA) is 94.8 Å². The van der Waals surface area contributed by atoms with Crippen LogP contribution in [0, 0.1) is 0 Å². The zero-order valence-electron chi connectivity index (χ0n) is 15.5. The molecule has 0 aliphatic heterocycles. The Balaban J connectivity index is 1.78. The Bertz CT molecular complexity index is 987. The monoisotopic (exact) mass is 388 g/mol. The summed E-state index contributed by atoms with van der Waals surface area (Å²) < 4.78 is 11.9. The van der Waals surface area contributed by atoms with Crippen molar-refractivity contribution in [1.29, 1.82) is 0 Å². The molecule has 3 aromatic heterocycles. The molecule has 27 heavy (non-hydrogen) atoms. The quantitative estimate of drug-likeness (QED) is 0.679. The van der Waals surface area contributed by atoms with Crippen molar-refractivity contribution in [2.75, 3.05) is 11.9 Å². The summed E-state index contributed by atoms with van der Waals surface area (Å²) in [6, 6.07) is 3.64. The van der Waals surface area contributed by atoms with E-state index >= 15 is 0 Å². The van der Waals surface area contributed by atoms with E-state index in [1.165, 1.54) is 11.3 Å². The number of hydrogen-bond acceptors (Lipinski definition) is 7. The van der Waals surface area contributed by atoms with Gasteiger partial charge in [0.25, 0.3) is 0 Å². The minimum absolute atomic E-state index is 0.250. The Kier molecular flexibility index (Phi) is 5.13. The first-order chi connectivity index (χ1) is 12.7. The van der Waals surface area contributed by atoms with Crippen molar-refractivity contribution in [2.45, 2.75) is 33.3 Å². The molecule has 0 spiro atoms. The lowest BCUT2D eigenvalue weighted by atomic mass is 10.2. The van der Waals surface area contributed by atoms with Gasteiger partial charge in [-0.3, -0.25) is 5.32 Å². The van der Waals surface area contributed by atoms with Gasteiger partial charge in [0.05, 0.1) is 12.3 Å². The number of nitrogens with zero attached hydrogens (tertiary/aromatic N) is 3. The van der Waals surface area contributed by atoms with Crippen LogP contribution in [-0.2, 0) is 9.47 Å². The lowest BCUT2D eigenvalue weighted by molar-refractivity contribution is 0.0519. The van der Waals surface area contributed by atoms with Crippen molar-refractivity contribution in [3.05, 3.63) is 35.6 Å². The van der Waals surface area contributed by atoms with Crippen molar-refractivity contribution in [2.24, 2.45) is 0 Å². The molecule has 9 heteroatoms. The Hall–Kier alpha value is -2.94. The van der Waals surface area contributed by atoms with Crippen LogP contribution in [0.15, 0.2) is 29.9 Å². The molecule has 0 saturated carbocycles. The molecule has 3 aromatic rings. The Labute approximate surface area is 160 Å². The number of pyridine rings is 1. The number of imidazole rings is 1. The summed E-state index contributed by atoms with van der Waals surface area (Å²) in [5, 5.41) is 4.90. The number of ether oxygens (including phenoxy) is 2. The van der Waals surface area contributed by atoms with Crippen LogP contribution in [0.1, 0.15) is 38.2 Å². The summed E-state index contributed by atoms with van der Waals surface area (Å²) in [7, 11) is 0. The molecule has 0 saturated heterocycles. The minimum Gasteiger partial charge on any atom is -0.461 e. The van der Waals surface area contributed by atoms with Crippen LogP contribution < -0.4 is 5.32 Å². The number of amides is 1. The van der Waals surface area contributed by atoms with Crippen LogP contribution in [0.2, 0.25) is 0 Å². The number of fused-ring (bicyclic) bond motifs is 1. The number of esters is 1. The number of nitrogens with one attached hydrogen (secondary N) is 1. The number of anilines is 1. The molecule has 0 aliphatic rings. The molecule has 8 nitrogen and oxygen atoms in total. The van der Waals surface area contributed by atoms with E-state index in [0.29, 0.717) is 23.1 Å².